The lowest BCUT2D eigenvalue weighted by molar-refractivity contribution is -0.0967. The van der Waals surface area contributed by atoms with Crippen LogP contribution in [0.25, 0.3) is 0 Å². The summed E-state index contributed by atoms with van der Waals surface area (Å²) in [5.41, 5.74) is 0.971. The van der Waals surface area contributed by atoms with E-state index in [1.165, 1.54) is 24.8 Å². The van der Waals surface area contributed by atoms with Crippen LogP contribution in [0.1, 0.15) is 37.7 Å². The minimum Gasteiger partial charge on any atom is -0.390 e. The van der Waals surface area contributed by atoms with Crippen LogP contribution in [0.3, 0.4) is 0 Å². The molecule has 18 heavy (non-hydrogen) atoms. The van der Waals surface area contributed by atoms with E-state index in [-0.39, 0.29) is 5.60 Å². The van der Waals surface area contributed by atoms with Crippen LogP contribution in [0.5, 0.6) is 0 Å². The molecule has 98 valence electrons. The summed E-state index contributed by atoms with van der Waals surface area (Å²) in [6.07, 6.45) is 9.37. The molecule has 2 fully saturated rings. The molecule has 0 amide bonds. The number of hydrogen-bond donors (Lipinski definition) is 1. The summed E-state index contributed by atoms with van der Waals surface area (Å²) in [6, 6.07) is 4.17. The molecule has 3 heteroatoms. The third-order valence-corrected chi connectivity index (χ3v) is 4.67. The number of rotatable bonds is 2. The highest BCUT2D eigenvalue weighted by Crippen LogP contribution is 2.39. The van der Waals surface area contributed by atoms with Gasteiger partial charge in [-0.25, -0.2) is 0 Å². The molecule has 3 nitrogen and oxygen atoms in total. The first-order valence-electron chi connectivity index (χ1n) is 7.10. The molecule has 0 radical (unpaired) electrons. The van der Waals surface area contributed by atoms with Crippen molar-refractivity contribution in [1.82, 2.24) is 9.88 Å². The summed E-state index contributed by atoms with van der Waals surface area (Å²) in [5.74, 6) is 0.488. The van der Waals surface area contributed by atoms with Gasteiger partial charge in [0, 0.05) is 37.9 Å². The Hall–Kier alpha value is -0.930. The monoisotopic (exact) mass is 246 g/mol. The average Bonchev–Trinajstić information content (AvgIpc) is 2.40. The normalized spacial score (nSPS) is 33.1. The molecule has 2 aliphatic rings. The van der Waals surface area contributed by atoms with Crippen molar-refractivity contribution in [3.63, 3.8) is 0 Å². The minimum atomic E-state index is -0.354. The van der Waals surface area contributed by atoms with Crippen molar-refractivity contribution < 1.29 is 5.11 Å². The zero-order valence-electron chi connectivity index (χ0n) is 10.9. The number of likely N-dealkylation sites (tertiary alicyclic amines) is 1. The Morgan fingerprint density at radius 2 is 2.11 bits per heavy atom. The Bertz CT molecular complexity index is 395. The Morgan fingerprint density at radius 1 is 1.28 bits per heavy atom. The second kappa shape index (κ2) is 4.98. The molecule has 1 saturated heterocycles. The van der Waals surface area contributed by atoms with Gasteiger partial charge in [0.2, 0.25) is 0 Å². The molecule has 1 saturated carbocycles. The quantitative estimate of drug-likeness (QED) is 0.869. The van der Waals surface area contributed by atoms with Gasteiger partial charge < -0.3 is 5.11 Å². The van der Waals surface area contributed by atoms with Gasteiger partial charge in [0.15, 0.2) is 0 Å². The predicted molar refractivity (Wildman–Crippen MR) is 71.0 cm³/mol. The van der Waals surface area contributed by atoms with Crippen molar-refractivity contribution in [3.05, 3.63) is 30.1 Å². The van der Waals surface area contributed by atoms with Crippen molar-refractivity contribution in [1.29, 1.82) is 0 Å². The van der Waals surface area contributed by atoms with Crippen LogP contribution in [-0.4, -0.2) is 33.7 Å². The molecule has 0 bridgehead atoms. The zero-order chi connectivity index (χ0) is 12.4. The maximum atomic E-state index is 10.6. The summed E-state index contributed by atoms with van der Waals surface area (Å²) in [7, 11) is 0. The molecule has 0 aromatic carbocycles. The molecule has 0 spiro atoms. The Labute approximate surface area is 109 Å². The summed E-state index contributed by atoms with van der Waals surface area (Å²) in [4.78, 5) is 6.54. The van der Waals surface area contributed by atoms with Crippen molar-refractivity contribution in [2.75, 3.05) is 13.1 Å². The second-order valence-corrected chi connectivity index (χ2v) is 5.89. The standard InChI is InChI=1S/C15H22N2O/c18-15-6-2-1-3-14(15)12-17(10-7-15)11-13-4-8-16-9-5-13/h4-5,8-9,14,18H,1-3,6-7,10-12H2. The van der Waals surface area contributed by atoms with Gasteiger partial charge in [-0.3, -0.25) is 9.88 Å². The van der Waals surface area contributed by atoms with Gasteiger partial charge in [0.25, 0.3) is 0 Å². The molecule has 2 atom stereocenters. The van der Waals surface area contributed by atoms with Gasteiger partial charge >= 0.3 is 0 Å². The highest BCUT2D eigenvalue weighted by molar-refractivity contribution is 5.10. The lowest BCUT2D eigenvalue weighted by Gasteiger charge is -2.47. The van der Waals surface area contributed by atoms with E-state index in [9.17, 15) is 5.11 Å². The highest BCUT2D eigenvalue weighted by Gasteiger charge is 2.42. The van der Waals surface area contributed by atoms with Gasteiger partial charge in [0.1, 0.15) is 0 Å². The topological polar surface area (TPSA) is 36.4 Å². The molecular formula is C15H22N2O. The number of piperidine rings is 1. The highest BCUT2D eigenvalue weighted by atomic mass is 16.3. The first kappa shape index (κ1) is 12.1. The lowest BCUT2D eigenvalue weighted by atomic mass is 9.71. The molecule has 3 rings (SSSR count). The first-order chi connectivity index (χ1) is 8.76. The Balaban J connectivity index is 1.63. The van der Waals surface area contributed by atoms with E-state index in [2.05, 4.69) is 22.0 Å². The SMILES string of the molecule is OC12CCCCC1CN(Cc1ccncc1)CC2. The summed E-state index contributed by atoms with van der Waals surface area (Å²) in [6.45, 7) is 3.07. The molecule has 2 heterocycles. The van der Waals surface area contributed by atoms with E-state index >= 15 is 0 Å². The maximum absolute atomic E-state index is 10.6. The number of hydrogen-bond acceptors (Lipinski definition) is 3. The number of nitrogens with zero attached hydrogens (tertiary/aromatic N) is 2. The molecule has 1 aromatic heterocycles. The van der Waals surface area contributed by atoms with Crippen LogP contribution >= 0.6 is 0 Å². The maximum Gasteiger partial charge on any atom is 0.0700 e. The van der Waals surface area contributed by atoms with Gasteiger partial charge in [-0.1, -0.05) is 12.8 Å². The van der Waals surface area contributed by atoms with Crippen LogP contribution < -0.4 is 0 Å². The third-order valence-electron chi connectivity index (χ3n) is 4.67. The third kappa shape index (κ3) is 2.43. The minimum absolute atomic E-state index is 0.354. The predicted octanol–water partition coefficient (Wildman–Crippen LogP) is 2.21. The van der Waals surface area contributed by atoms with Crippen LogP contribution in [0.2, 0.25) is 0 Å². The number of pyridine rings is 1. The van der Waals surface area contributed by atoms with Gasteiger partial charge in [-0.2, -0.15) is 0 Å². The second-order valence-electron chi connectivity index (χ2n) is 5.89. The van der Waals surface area contributed by atoms with Crippen molar-refractivity contribution in [2.24, 2.45) is 5.92 Å². The van der Waals surface area contributed by atoms with E-state index in [1.807, 2.05) is 12.4 Å². The van der Waals surface area contributed by atoms with Crippen molar-refractivity contribution >= 4 is 0 Å². The van der Waals surface area contributed by atoms with E-state index in [1.54, 1.807) is 0 Å². The van der Waals surface area contributed by atoms with Gasteiger partial charge in [-0.15, -0.1) is 0 Å². The number of aromatic nitrogens is 1. The van der Waals surface area contributed by atoms with Crippen LogP contribution in [0.15, 0.2) is 24.5 Å². The lowest BCUT2D eigenvalue weighted by Crippen LogP contribution is -2.52. The smallest absolute Gasteiger partial charge is 0.0700 e. The average molecular weight is 246 g/mol. The molecule has 1 aliphatic heterocycles. The fraction of sp³-hybridized carbons (Fsp3) is 0.667. The summed E-state index contributed by atoms with van der Waals surface area (Å²) >= 11 is 0. The van der Waals surface area contributed by atoms with Crippen LogP contribution in [0.4, 0.5) is 0 Å². The van der Waals surface area contributed by atoms with Crippen LogP contribution in [-0.2, 0) is 6.54 Å². The van der Waals surface area contributed by atoms with E-state index in [0.717, 1.165) is 32.5 Å². The largest absolute Gasteiger partial charge is 0.390 e. The Kier molecular flexibility index (Phi) is 3.35. The zero-order valence-corrected chi connectivity index (χ0v) is 10.9. The van der Waals surface area contributed by atoms with Gasteiger partial charge in [0.05, 0.1) is 5.60 Å². The van der Waals surface area contributed by atoms with Crippen LogP contribution in [0, 0.1) is 5.92 Å². The fourth-order valence-electron chi connectivity index (χ4n) is 3.53. The number of fused-ring (bicyclic) bond motifs is 1. The molecule has 1 N–H and O–H groups in total. The number of aliphatic hydroxyl groups is 1. The molecular weight excluding hydrogens is 224 g/mol. The summed E-state index contributed by atoms with van der Waals surface area (Å²) in [5, 5.41) is 10.6. The van der Waals surface area contributed by atoms with E-state index in [0.29, 0.717) is 5.92 Å². The van der Waals surface area contributed by atoms with Crippen molar-refractivity contribution in [2.45, 2.75) is 44.2 Å². The first-order valence-corrected chi connectivity index (χ1v) is 7.10. The van der Waals surface area contributed by atoms with E-state index < -0.39 is 0 Å². The molecule has 1 aromatic rings. The molecule has 1 aliphatic carbocycles. The van der Waals surface area contributed by atoms with Gasteiger partial charge in [-0.05, 0) is 37.0 Å². The van der Waals surface area contributed by atoms with Crippen molar-refractivity contribution in [3.8, 4) is 0 Å². The molecule has 2 unspecified atom stereocenters. The fourth-order valence-corrected chi connectivity index (χ4v) is 3.53. The Morgan fingerprint density at radius 3 is 2.94 bits per heavy atom. The summed E-state index contributed by atoms with van der Waals surface area (Å²) < 4.78 is 0. The van der Waals surface area contributed by atoms with E-state index in [4.69, 9.17) is 0 Å².